The Bertz CT molecular complexity index is 295. The van der Waals surface area contributed by atoms with Gasteiger partial charge in [0.15, 0.2) is 0 Å². The van der Waals surface area contributed by atoms with E-state index in [1.165, 1.54) is 33.4 Å². The molecule has 0 saturated carbocycles. The molecule has 0 spiro atoms. The number of thiol groups is 6. The maximum absolute atomic E-state index is 4.46. The van der Waals surface area contributed by atoms with Crippen molar-refractivity contribution < 1.29 is 0 Å². The third-order valence-electron chi connectivity index (χ3n) is 3.13. The van der Waals surface area contributed by atoms with Gasteiger partial charge in [-0.3, -0.25) is 0 Å². The highest BCUT2D eigenvalue weighted by Gasteiger charge is 2.19. The van der Waals surface area contributed by atoms with E-state index in [-0.39, 0.29) is 0 Å². The topological polar surface area (TPSA) is 0 Å². The predicted molar refractivity (Wildman–Crippen MR) is 103 cm³/mol. The van der Waals surface area contributed by atoms with Crippen LogP contribution in [0.25, 0.3) is 0 Å². The van der Waals surface area contributed by atoms with Crippen LogP contribution in [0.5, 0.6) is 0 Å². The SMILES string of the molecule is SCc1c(CS)c(CS)c(CS)c(CS)c1CS. The first-order valence-corrected chi connectivity index (χ1v) is 9.31. The van der Waals surface area contributed by atoms with Crippen LogP contribution in [0.2, 0.25) is 0 Å². The van der Waals surface area contributed by atoms with E-state index in [0.29, 0.717) is 34.5 Å². The summed E-state index contributed by atoms with van der Waals surface area (Å²) in [6, 6.07) is 0. The van der Waals surface area contributed by atoms with Gasteiger partial charge in [-0.25, -0.2) is 0 Å². The highest BCUT2D eigenvalue weighted by Crippen LogP contribution is 2.34. The van der Waals surface area contributed by atoms with E-state index in [1.807, 2.05) is 0 Å². The van der Waals surface area contributed by atoms with Crippen molar-refractivity contribution in [3.8, 4) is 0 Å². The normalized spacial score (nSPS) is 11.0. The summed E-state index contributed by atoms with van der Waals surface area (Å²) in [5.41, 5.74) is 7.43. The molecule has 1 rings (SSSR count). The molecule has 102 valence electrons. The van der Waals surface area contributed by atoms with Crippen LogP contribution >= 0.6 is 75.8 Å². The molecule has 0 aliphatic rings. The lowest BCUT2D eigenvalue weighted by molar-refractivity contribution is 1.08. The van der Waals surface area contributed by atoms with E-state index in [0.717, 1.165) is 0 Å². The van der Waals surface area contributed by atoms with E-state index in [1.54, 1.807) is 0 Å². The van der Waals surface area contributed by atoms with Crippen LogP contribution < -0.4 is 0 Å². The molecule has 18 heavy (non-hydrogen) atoms. The molecule has 0 atom stereocenters. The first kappa shape index (κ1) is 17.4. The van der Waals surface area contributed by atoms with Crippen molar-refractivity contribution in [2.75, 3.05) is 0 Å². The van der Waals surface area contributed by atoms with Crippen molar-refractivity contribution in [3.63, 3.8) is 0 Å². The lowest BCUT2D eigenvalue weighted by atomic mass is 9.90. The zero-order valence-corrected chi connectivity index (χ0v) is 15.3. The number of hydrogen-bond acceptors (Lipinski definition) is 6. The standard InChI is InChI=1S/C12H18S6/c13-1-7-8(2-14)10(4-16)12(6-18)11(5-17)9(7)3-15/h13-18H,1-6H2. The van der Waals surface area contributed by atoms with Crippen molar-refractivity contribution in [1.82, 2.24) is 0 Å². The summed E-state index contributed by atoms with van der Waals surface area (Å²) >= 11 is 26.7. The molecule has 0 heterocycles. The average molecular weight is 355 g/mol. The molecular formula is C12H18S6. The number of hydrogen-bond donors (Lipinski definition) is 6. The second kappa shape index (κ2) is 8.57. The van der Waals surface area contributed by atoms with Crippen molar-refractivity contribution in [2.24, 2.45) is 0 Å². The number of rotatable bonds is 6. The highest BCUT2D eigenvalue weighted by atomic mass is 32.1. The van der Waals surface area contributed by atoms with E-state index < -0.39 is 0 Å². The molecule has 0 nitrogen and oxygen atoms in total. The van der Waals surface area contributed by atoms with Crippen LogP contribution in [0.4, 0.5) is 0 Å². The van der Waals surface area contributed by atoms with Crippen molar-refractivity contribution in [2.45, 2.75) is 34.5 Å². The minimum atomic E-state index is 0.695. The first-order chi connectivity index (χ1) is 8.69. The van der Waals surface area contributed by atoms with Crippen molar-refractivity contribution in [1.29, 1.82) is 0 Å². The van der Waals surface area contributed by atoms with Gasteiger partial charge in [-0.15, -0.1) is 0 Å². The van der Waals surface area contributed by atoms with Gasteiger partial charge in [0.1, 0.15) is 0 Å². The maximum Gasteiger partial charge on any atom is 0.0160 e. The molecule has 1 aromatic carbocycles. The van der Waals surface area contributed by atoms with E-state index in [4.69, 9.17) is 0 Å². The van der Waals surface area contributed by atoms with Gasteiger partial charge in [0, 0.05) is 34.5 Å². The maximum atomic E-state index is 4.46. The van der Waals surface area contributed by atoms with Gasteiger partial charge in [0.2, 0.25) is 0 Å². The minimum absolute atomic E-state index is 0.695. The quantitative estimate of drug-likeness (QED) is 0.404. The highest BCUT2D eigenvalue weighted by molar-refractivity contribution is 7.80. The first-order valence-electron chi connectivity index (χ1n) is 5.52. The Morgan fingerprint density at radius 2 is 0.444 bits per heavy atom. The predicted octanol–water partition coefficient (Wildman–Crippen LogP) is 4.27. The van der Waals surface area contributed by atoms with E-state index >= 15 is 0 Å². The Morgan fingerprint density at radius 3 is 0.500 bits per heavy atom. The van der Waals surface area contributed by atoms with Crippen molar-refractivity contribution in [3.05, 3.63) is 33.4 Å². The summed E-state index contributed by atoms with van der Waals surface area (Å²) in [5, 5.41) is 0. The molecule has 0 aliphatic heterocycles. The summed E-state index contributed by atoms with van der Waals surface area (Å²) in [7, 11) is 0. The third-order valence-corrected chi connectivity index (χ3v) is 5.03. The van der Waals surface area contributed by atoms with Gasteiger partial charge >= 0.3 is 0 Å². The Kier molecular flexibility index (Phi) is 8.27. The smallest absolute Gasteiger partial charge is 0.0160 e. The Hall–Kier alpha value is 1.32. The van der Waals surface area contributed by atoms with E-state index in [9.17, 15) is 0 Å². The zero-order chi connectivity index (χ0) is 13.7. The summed E-state index contributed by atoms with van der Waals surface area (Å²) in [4.78, 5) is 0. The minimum Gasteiger partial charge on any atom is -0.175 e. The lowest BCUT2D eigenvalue weighted by Gasteiger charge is -2.23. The second-order valence-electron chi connectivity index (χ2n) is 3.82. The summed E-state index contributed by atoms with van der Waals surface area (Å²) in [5.74, 6) is 4.17. The molecule has 0 bridgehead atoms. The molecule has 0 N–H and O–H groups in total. The summed E-state index contributed by atoms with van der Waals surface area (Å²) in [6.07, 6.45) is 0. The van der Waals surface area contributed by atoms with E-state index in [2.05, 4.69) is 75.8 Å². The van der Waals surface area contributed by atoms with Crippen molar-refractivity contribution >= 4 is 75.8 Å². The Balaban J connectivity index is 3.71. The fourth-order valence-electron chi connectivity index (χ4n) is 2.24. The van der Waals surface area contributed by atoms with Crippen LogP contribution in [0.3, 0.4) is 0 Å². The van der Waals surface area contributed by atoms with Gasteiger partial charge in [0.25, 0.3) is 0 Å². The van der Waals surface area contributed by atoms with Crippen LogP contribution in [0.1, 0.15) is 33.4 Å². The van der Waals surface area contributed by atoms with Gasteiger partial charge in [0.05, 0.1) is 0 Å². The third kappa shape index (κ3) is 3.31. The van der Waals surface area contributed by atoms with Gasteiger partial charge in [-0.05, 0) is 33.4 Å². The van der Waals surface area contributed by atoms with Crippen LogP contribution in [-0.2, 0) is 34.5 Å². The Morgan fingerprint density at radius 1 is 0.333 bits per heavy atom. The molecule has 0 saturated heterocycles. The molecular weight excluding hydrogens is 337 g/mol. The monoisotopic (exact) mass is 354 g/mol. The second-order valence-corrected chi connectivity index (χ2v) is 5.72. The molecule has 1 aromatic rings. The number of benzene rings is 1. The van der Waals surface area contributed by atoms with Crippen LogP contribution in [0.15, 0.2) is 0 Å². The Labute approximate surface area is 143 Å². The summed E-state index contributed by atoms with van der Waals surface area (Å²) < 4.78 is 0. The van der Waals surface area contributed by atoms with Crippen LogP contribution in [0, 0.1) is 0 Å². The molecule has 6 heteroatoms. The molecule has 0 fully saturated rings. The molecule has 0 radical (unpaired) electrons. The fourth-order valence-corrected chi connectivity index (χ4v) is 4.53. The van der Waals surface area contributed by atoms with Gasteiger partial charge in [-0.1, -0.05) is 0 Å². The lowest BCUT2D eigenvalue weighted by Crippen LogP contribution is -2.09. The van der Waals surface area contributed by atoms with Gasteiger partial charge < -0.3 is 0 Å². The average Bonchev–Trinajstić information content (AvgIpc) is 2.43. The zero-order valence-electron chi connectivity index (χ0n) is 9.93. The fraction of sp³-hybridized carbons (Fsp3) is 0.500. The molecule has 0 unspecified atom stereocenters. The molecule has 0 amide bonds. The van der Waals surface area contributed by atoms with Gasteiger partial charge in [-0.2, -0.15) is 75.8 Å². The van der Waals surface area contributed by atoms with Crippen LogP contribution in [-0.4, -0.2) is 0 Å². The molecule has 0 aliphatic carbocycles. The molecule has 0 aromatic heterocycles. The largest absolute Gasteiger partial charge is 0.175 e. The summed E-state index contributed by atoms with van der Waals surface area (Å²) in [6.45, 7) is 0.